The highest BCUT2D eigenvalue weighted by Crippen LogP contribution is 2.33. The van der Waals surface area contributed by atoms with Crippen LogP contribution in [0.5, 0.6) is 0 Å². The van der Waals surface area contributed by atoms with Crippen LogP contribution in [0.15, 0.2) is 82.1 Å². The van der Waals surface area contributed by atoms with Crippen molar-refractivity contribution in [2.45, 2.75) is 38.7 Å². The molecule has 6 nitrogen and oxygen atoms in total. The molecule has 0 saturated heterocycles. The predicted molar refractivity (Wildman–Crippen MR) is 128 cm³/mol. The summed E-state index contributed by atoms with van der Waals surface area (Å²) in [5.41, 5.74) is 0.432. The zero-order valence-electron chi connectivity index (χ0n) is 19.0. The van der Waals surface area contributed by atoms with Crippen molar-refractivity contribution in [3.8, 4) is 0 Å². The molecule has 1 unspecified atom stereocenters. The summed E-state index contributed by atoms with van der Waals surface area (Å²) in [6.07, 6.45) is 0. The van der Waals surface area contributed by atoms with E-state index < -0.39 is 17.1 Å². The van der Waals surface area contributed by atoms with Gasteiger partial charge >= 0.3 is 5.63 Å². The van der Waals surface area contributed by atoms with Crippen molar-refractivity contribution in [2.24, 2.45) is 0 Å². The molecule has 1 atom stereocenters. The minimum Gasteiger partial charge on any atom is -0.372 e. The number of aromatic nitrogens is 1. The first-order valence-electron chi connectivity index (χ1n) is 10.7. The number of carbonyl (C=O) groups is 1. The fourth-order valence-electron chi connectivity index (χ4n) is 3.85. The molecule has 0 fully saturated rings. The van der Waals surface area contributed by atoms with E-state index in [1.54, 1.807) is 61.5 Å². The molecule has 168 valence electrons. The summed E-state index contributed by atoms with van der Waals surface area (Å²) in [5.74, 6) is -0.606. The van der Waals surface area contributed by atoms with Gasteiger partial charge in [0.1, 0.15) is 0 Å². The van der Waals surface area contributed by atoms with Crippen LogP contribution in [0.2, 0.25) is 0 Å². The maximum Gasteiger partial charge on any atom is 0.366 e. The Morgan fingerprint density at radius 1 is 0.879 bits per heavy atom. The number of hydrogen-bond acceptors (Lipinski definition) is 5. The number of aliphatic hydroxyl groups is 1. The number of carbonyl (C=O) groups excluding carboxylic acids is 1. The number of nitrogens with zero attached hydrogens (tertiary/aromatic N) is 1. The summed E-state index contributed by atoms with van der Waals surface area (Å²) in [7, 11) is 0. The number of amides is 1. The molecule has 6 heteroatoms. The summed E-state index contributed by atoms with van der Waals surface area (Å²) >= 11 is 0. The van der Waals surface area contributed by atoms with Gasteiger partial charge in [-0.2, -0.15) is 0 Å². The third-order valence-corrected chi connectivity index (χ3v) is 5.84. The predicted octanol–water partition coefficient (Wildman–Crippen LogP) is 4.67. The number of aryl methyl sites for hydroxylation is 1. The molecule has 4 rings (SSSR count). The van der Waals surface area contributed by atoms with Gasteiger partial charge in [0, 0.05) is 11.1 Å². The minimum atomic E-state index is -1.92. The normalized spacial score (nSPS) is 13.5. The van der Waals surface area contributed by atoms with E-state index in [0.29, 0.717) is 33.3 Å². The molecule has 2 N–H and O–H groups in total. The third-order valence-electron chi connectivity index (χ3n) is 5.84. The number of fused-ring (bicyclic) bond motifs is 1. The number of anilines is 1. The zero-order chi connectivity index (χ0) is 23.8. The molecular weight excluding hydrogens is 416 g/mol. The zero-order valence-corrected chi connectivity index (χ0v) is 19.0. The Hall–Kier alpha value is -3.77. The van der Waals surface area contributed by atoms with E-state index in [0.717, 1.165) is 5.56 Å². The fraction of sp³-hybridized carbons (Fsp3) is 0.222. The van der Waals surface area contributed by atoms with Crippen LogP contribution in [0.1, 0.15) is 43.2 Å². The maximum atomic E-state index is 13.5. The average Bonchev–Trinajstić information content (AvgIpc) is 2.81. The third kappa shape index (κ3) is 4.17. The molecule has 0 spiro atoms. The highest BCUT2D eigenvalue weighted by molar-refractivity contribution is 6.01. The van der Waals surface area contributed by atoms with Crippen LogP contribution in [-0.2, 0) is 15.8 Å². The molecule has 0 aliphatic heterocycles. The van der Waals surface area contributed by atoms with Gasteiger partial charge in [0.05, 0.1) is 11.1 Å². The van der Waals surface area contributed by atoms with E-state index in [1.165, 1.54) is 0 Å². The second kappa shape index (κ2) is 8.30. The van der Waals surface area contributed by atoms with Crippen LogP contribution in [0.3, 0.4) is 0 Å². The highest BCUT2D eigenvalue weighted by atomic mass is 16.5. The fourth-order valence-corrected chi connectivity index (χ4v) is 3.85. The van der Waals surface area contributed by atoms with Crippen molar-refractivity contribution in [3.63, 3.8) is 0 Å². The first-order valence-corrected chi connectivity index (χ1v) is 10.7. The van der Waals surface area contributed by atoms with Gasteiger partial charge in [-0.05, 0) is 47.2 Å². The SMILES string of the molecule is Cc1noc(=O)c2ccc(NC(=O)C(O)(c3ccccc3)c3ccc(C(C)(C)C)cc3)cc12. The van der Waals surface area contributed by atoms with Crippen LogP contribution in [0, 0.1) is 6.92 Å². The molecule has 0 aliphatic carbocycles. The van der Waals surface area contributed by atoms with E-state index in [9.17, 15) is 14.7 Å². The molecule has 33 heavy (non-hydrogen) atoms. The lowest BCUT2D eigenvalue weighted by atomic mass is 9.82. The van der Waals surface area contributed by atoms with Crippen LogP contribution in [-0.4, -0.2) is 16.2 Å². The lowest BCUT2D eigenvalue weighted by Gasteiger charge is -2.29. The standard InChI is InChI=1S/C27H26N2O4/c1-17-23-16-21(14-15-22(23)24(30)33-29-17)28-25(31)27(32,19-8-6-5-7-9-19)20-12-10-18(11-13-20)26(2,3)4/h5-16,32H,1-4H3,(H,28,31). The highest BCUT2D eigenvalue weighted by Gasteiger charge is 2.40. The van der Waals surface area contributed by atoms with E-state index in [2.05, 4.69) is 31.2 Å². The molecular formula is C27H26N2O4. The Morgan fingerprint density at radius 3 is 2.12 bits per heavy atom. The average molecular weight is 443 g/mol. The Kier molecular flexibility index (Phi) is 5.64. The monoisotopic (exact) mass is 442 g/mol. The quantitative estimate of drug-likeness (QED) is 0.479. The molecule has 3 aromatic carbocycles. The Morgan fingerprint density at radius 2 is 1.48 bits per heavy atom. The Labute approximate surface area is 191 Å². The van der Waals surface area contributed by atoms with Gasteiger partial charge in [-0.25, -0.2) is 4.79 Å². The van der Waals surface area contributed by atoms with Gasteiger partial charge in [0.2, 0.25) is 0 Å². The van der Waals surface area contributed by atoms with Gasteiger partial charge in [0.15, 0.2) is 5.60 Å². The van der Waals surface area contributed by atoms with Gasteiger partial charge in [-0.1, -0.05) is 80.5 Å². The van der Waals surface area contributed by atoms with Crippen LogP contribution >= 0.6 is 0 Å². The first kappa shape index (κ1) is 22.4. The molecule has 0 radical (unpaired) electrons. The summed E-state index contributed by atoms with van der Waals surface area (Å²) in [5, 5.41) is 19.3. The number of nitrogens with one attached hydrogen (secondary N) is 1. The van der Waals surface area contributed by atoms with Gasteiger partial charge in [-0.3, -0.25) is 4.79 Å². The summed E-state index contributed by atoms with van der Waals surface area (Å²) in [6.45, 7) is 8.04. The van der Waals surface area contributed by atoms with Crippen molar-refractivity contribution in [1.82, 2.24) is 5.16 Å². The van der Waals surface area contributed by atoms with E-state index in [1.807, 2.05) is 18.2 Å². The maximum absolute atomic E-state index is 13.5. The van der Waals surface area contributed by atoms with E-state index >= 15 is 0 Å². The molecule has 1 amide bonds. The second-order valence-electron chi connectivity index (χ2n) is 9.17. The molecule has 0 bridgehead atoms. The second-order valence-corrected chi connectivity index (χ2v) is 9.17. The Bertz CT molecular complexity index is 1370. The smallest absolute Gasteiger partial charge is 0.366 e. The van der Waals surface area contributed by atoms with Crippen molar-refractivity contribution in [1.29, 1.82) is 0 Å². The topological polar surface area (TPSA) is 92.4 Å². The van der Waals surface area contributed by atoms with Crippen molar-refractivity contribution in [3.05, 3.63) is 106 Å². The summed E-state index contributed by atoms with van der Waals surface area (Å²) in [4.78, 5) is 25.5. The lowest BCUT2D eigenvalue weighted by Crippen LogP contribution is -2.41. The van der Waals surface area contributed by atoms with Crippen LogP contribution in [0.25, 0.3) is 10.8 Å². The molecule has 1 aromatic heterocycles. The molecule has 0 aliphatic rings. The Balaban J connectivity index is 1.77. The van der Waals surface area contributed by atoms with Gasteiger partial charge in [-0.15, -0.1) is 0 Å². The van der Waals surface area contributed by atoms with E-state index in [4.69, 9.17) is 4.52 Å². The van der Waals surface area contributed by atoms with Gasteiger partial charge in [0.25, 0.3) is 5.91 Å². The number of hydrogen-bond donors (Lipinski definition) is 2. The molecule has 0 saturated carbocycles. The number of benzene rings is 3. The molecule has 4 aromatic rings. The lowest BCUT2D eigenvalue weighted by molar-refractivity contribution is -0.131. The van der Waals surface area contributed by atoms with Crippen molar-refractivity contribution < 1.29 is 14.4 Å². The number of rotatable bonds is 4. The summed E-state index contributed by atoms with van der Waals surface area (Å²) in [6, 6.07) is 21.1. The van der Waals surface area contributed by atoms with E-state index in [-0.39, 0.29) is 5.41 Å². The molecule has 1 heterocycles. The van der Waals surface area contributed by atoms with Crippen LogP contribution < -0.4 is 10.9 Å². The van der Waals surface area contributed by atoms with Gasteiger partial charge < -0.3 is 14.9 Å². The van der Waals surface area contributed by atoms with Crippen molar-refractivity contribution >= 4 is 22.4 Å². The minimum absolute atomic E-state index is 0.0602. The van der Waals surface area contributed by atoms with Crippen molar-refractivity contribution in [2.75, 3.05) is 5.32 Å². The first-order chi connectivity index (χ1) is 15.6. The largest absolute Gasteiger partial charge is 0.372 e. The summed E-state index contributed by atoms with van der Waals surface area (Å²) < 4.78 is 4.76. The van der Waals surface area contributed by atoms with Crippen LogP contribution in [0.4, 0.5) is 5.69 Å².